The van der Waals surface area contributed by atoms with Crippen molar-refractivity contribution in [1.82, 2.24) is 0 Å². The van der Waals surface area contributed by atoms with E-state index in [2.05, 4.69) is 21.2 Å². The highest BCUT2D eigenvalue weighted by molar-refractivity contribution is 9.11. The van der Waals surface area contributed by atoms with Crippen LogP contribution in [0.4, 0.5) is 5.00 Å². The van der Waals surface area contributed by atoms with E-state index in [-0.39, 0.29) is 5.56 Å². The Morgan fingerprint density at radius 1 is 1.58 bits per heavy atom. The maximum absolute atomic E-state index is 11.2. The van der Waals surface area contributed by atoms with Gasteiger partial charge in [0, 0.05) is 6.92 Å². The Morgan fingerprint density at radius 3 is 2.63 bits per heavy atom. The number of nitrogens with one attached hydrogen (secondary N) is 1. The summed E-state index contributed by atoms with van der Waals surface area (Å²) in [7, 11) is 0. The second-order valence-electron chi connectivity index (χ2n) is 4.40. The monoisotopic (exact) mass is 350 g/mol. The fourth-order valence-electron chi connectivity index (χ4n) is 1.38. The number of hydrogen-bond acceptors (Lipinski definition) is 6. The Bertz CT molecular complexity index is 501. The number of aliphatic hydroxyl groups excluding tert-OH is 1. The van der Waals surface area contributed by atoms with Crippen molar-refractivity contribution >= 4 is 44.1 Å². The molecule has 8 heteroatoms. The van der Waals surface area contributed by atoms with Gasteiger partial charge in [0.1, 0.15) is 5.00 Å². The Labute approximate surface area is 123 Å². The summed E-state index contributed by atoms with van der Waals surface area (Å²) >= 11 is 4.45. The third-order valence-corrected chi connectivity index (χ3v) is 3.87. The van der Waals surface area contributed by atoms with Gasteiger partial charge in [-0.2, -0.15) is 0 Å². The molecule has 19 heavy (non-hydrogen) atoms. The zero-order valence-corrected chi connectivity index (χ0v) is 13.1. The first-order chi connectivity index (χ1) is 8.63. The van der Waals surface area contributed by atoms with Gasteiger partial charge in [-0.15, -0.1) is 11.3 Å². The predicted molar refractivity (Wildman–Crippen MR) is 76.0 cm³/mol. The van der Waals surface area contributed by atoms with Crippen molar-refractivity contribution in [3.05, 3.63) is 15.4 Å². The van der Waals surface area contributed by atoms with Crippen LogP contribution in [0.1, 0.15) is 31.1 Å². The van der Waals surface area contributed by atoms with Gasteiger partial charge in [0.15, 0.2) is 11.8 Å². The summed E-state index contributed by atoms with van der Waals surface area (Å²) < 4.78 is 5.70. The molecule has 1 unspecified atom stereocenters. The van der Waals surface area contributed by atoms with Crippen LogP contribution in [-0.4, -0.2) is 28.8 Å². The molecule has 1 aromatic rings. The van der Waals surface area contributed by atoms with Crippen LogP contribution in [0.5, 0.6) is 0 Å². The lowest BCUT2D eigenvalue weighted by atomic mass is 10.1. The number of thiophene rings is 1. The Morgan fingerprint density at radius 2 is 2.16 bits per heavy atom. The van der Waals surface area contributed by atoms with E-state index in [9.17, 15) is 14.7 Å². The number of halogens is 1. The first-order valence-corrected chi connectivity index (χ1v) is 6.97. The summed E-state index contributed by atoms with van der Waals surface area (Å²) in [4.78, 5) is 22.2. The van der Waals surface area contributed by atoms with Gasteiger partial charge in [-0.3, -0.25) is 9.59 Å². The fourth-order valence-corrected chi connectivity index (χ4v) is 2.90. The second kappa shape index (κ2) is 5.89. The predicted octanol–water partition coefficient (Wildman–Crippen LogP) is 1.68. The molecule has 1 heterocycles. The molecule has 6 nitrogen and oxygen atoms in total. The average molecular weight is 351 g/mol. The Kier molecular flexibility index (Phi) is 4.94. The number of hydrogen-bond donors (Lipinski definition) is 3. The van der Waals surface area contributed by atoms with E-state index in [0.717, 1.165) is 0 Å². The zero-order chi connectivity index (χ0) is 14.8. The van der Waals surface area contributed by atoms with Crippen LogP contribution >= 0.6 is 27.3 Å². The van der Waals surface area contributed by atoms with Gasteiger partial charge in [0.2, 0.25) is 0 Å². The van der Waals surface area contributed by atoms with Gasteiger partial charge in [0.25, 0.3) is 5.91 Å². The molecule has 0 saturated heterocycles. The molecule has 0 bridgehead atoms. The number of primary amides is 1. The lowest BCUT2D eigenvalue weighted by Gasteiger charge is -2.30. The maximum atomic E-state index is 11.2. The van der Waals surface area contributed by atoms with E-state index in [1.54, 1.807) is 19.9 Å². The number of carbonyl (C=O) groups is 2. The number of anilines is 1. The van der Waals surface area contributed by atoms with Crippen molar-refractivity contribution in [3.63, 3.8) is 0 Å². The number of carbonyl (C=O) groups excluding carboxylic acids is 2. The summed E-state index contributed by atoms with van der Waals surface area (Å²) in [6.07, 6.45) is -1.18. The van der Waals surface area contributed by atoms with Crippen LogP contribution in [0, 0.1) is 0 Å². The molecular formula is C11H15BrN2O4S. The minimum atomic E-state index is -1.18. The van der Waals surface area contributed by atoms with Crippen LogP contribution in [0.15, 0.2) is 9.85 Å². The van der Waals surface area contributed by atoms with Gasteiger partial charge in [-0.1, -0.05) is 0 Å². The third-order valence-electron chi connectivity index (χ3n) is 2.30. The summed E-state index contributed by atoms with van der Waals surface area (Å²) in [5.74, 6) is -1.12. The van der Waals surface area contributed by atoms with Crippen molar-refractivity contribution in [3.8, 4) is 0 Å². The second-order valence-corrected chi connectivity index (χ2v) is 6.83. The van der Waals surface area contributed by atoms with Gasteiger partial charge in [-0.05, 0) is 35.8 Å². The van der Waals surface area contributed by atoms with E-state index in [1.165, 1.54) is 18.3 Å². The lowest BCUT2D eigenvalue weighted by Crippen LogP contribution is -2.45. The molecule has 1 atom stereocenters. The van der Waals surface area contributed by atoms with E-state index in [1.807, 2.05) is 0 Å². The molecule has 106 valence electrons. The van der Waals surface area contributed by atoms with Crippen molar-refractivity contribution in [1.29, 1.82) is 0 Å². The van der Waals surface area contributed by atoms with Crippen LogP contribution < -0.4 is 11.1 Å². The molecule has 0 radical (unpaired) electrons. The standard InChI is InChI=1S/C11H15BrN2O4S/c1-5(15)18-11(2,3)10(17)14-9-6(8(13)16)4-7(12)19-9/h4,10,14,17H,1-3H3,(H2,13,16). The Hall–Kier alpha value is -1.12. The number of esters is 1. The molecule has 0 aromatic carbocycles. The molecule has 1 aromatic heterocycles. The van der Waals surface area contributed by atoms with Crippen LogP contribution in [-0.2, 0) is 9.53 Å². The van der Waals surface area contributed by atoms with Crippen LogP contribution in [0.2, 0.25) is 0 Å². The number of rotatable bonds is 5. The van der Waals surface area contributed by atoms with Gasteiger partial charge in [0.05, 0.1) is 9.35 Å². The van der Waals surface area contributed by atoms with Gasteiger partial charge < -0.3 is 20.9 Å². The van der Waals surface area contributed by atoms with Gasteiger partial charge in [-0.25, -0.2) is 0 Å². The molecular weight excluding hydrogens is 336 g/mol. The number of aliphatic hydroxyl groups is 1. The SMILES string of the molecule is CC(=O)OC(C)(C)C(O)Nc1sc(Br)cc1C(N)=O. The summed E-state index contributed by atoms with van der Waals surface area (Å²) in [5.41, 5.74) is 4.35. The van der Waals surface area contributed by atoms with E-state index in [0.29, 0.717) is 8.79 Å². The van der Waals surface area contributed by atoms with Crippen LogP contribution in [0.3, 0.4) is 0 Å². The zero-order valence-electron chi connectivity index (χ0n) is 10.7. The molecule has 4 N–H and O–H groups in total. The molecule has 0 saturated carbocycles. The normalized spacial score (nSPS) is 12.9. The first-order valence-electron chi connectivity index (χ1n) is 5.37. The summed E-state index contributed by atoms with van der Waals surface area (Å²) in [6, 6.07) is 1.56. The quantitative estimate of drug-likeness (QED) is 0.553. The highest BCUT2D eigenvalue weighted by Crippen LogP contribution is 2.33. The summed E-state index contributed by atoms with van der Waals surface area (Å²) in [5, 5.41) is 13.2. The molecule has 0 aliphatic carbocycles. The smallest absolute Gasteiger partial charge is 0.303 e. The van der Waals surface area contributed by atoms with Crippen molar-refractivity contribution < 1.29 is 19.4 Å². The fraction of sp³-hybridized carbons (Fsp3) is 0.455. The molecule has 1 amide bonds. The lowest BCUT2D eigenvalue weighted by molar-refractivity contribution is -0.162. The largest absolute Gasteiger partial charge is 0.455 e. The molecule has 0 aliphatic heterocycles. The topological polar surface area (TPSA) is 102 Å². The average Bonchev–Trinajstić information content (AvgIpc) is 2.57. The van der Waals surface area contributed by atoms with Crippen molar-refractivity contribution in [2.24, 2.45) is 5.73 Å². The number of nitrogens with two attached hydrogens (primary N) is 1. The minimum absolute atomic E-state index is 0.259. The minimum Gasteiger partial charge on any atom is -0.455 e. The Balaban J connectivity index is 2.90. The maximum Gasteiger partial charge on any atom is 0.303 e. The van der Waals surface area contributed by atoms with Gasteiger partial charge >= 0.3 is 5.97 Å². The highest BCUT2D eigenvalue weighted by atomic mass is 79.9. The molecule has 1 rings (SSSR count). The van der Waals surface area contributed by atoms with Crippen LogP contribution in [0.25, 0.3) is 0 Å². The third kappa shape index (κ3) is 4.19. The van der Waals surface area contributed by atoms with E-state index in [4.69, 9.17) is 10.5 Å². The molecule has 0 fully saturated rings. The first kappa shape index (κ1) is 15.9. The van der Waals surface area contributed by atoms with E-state index >= 15 is 0 Å². The molecule has 0 aliphatic rings. The number of amides is 1. The summed E-state index contributed by atoms with van der Waals surface area (Å²) in [6.45, 7) is 4.36. The van der Waals surface area contributed by atoms with Crippen molar-refractivity contribution in [2.45, 2.75) is 32.6 Å². The van der Waals surface area contributed by atoms with Crippen molar-refractivity contribution in [2.75, 3.05) is 5.32 Å². The van der Waals surface area contributed by atoms with E-state index < -0.39 is 23.7 Å². The highest BCUT2D eigenvalue weighted by Gasteiger charge is 2.32. The number of ether oxygens (including phenoxy) is 1. The molecule has 0 spiro atoms.